The number of carbonyl (C=O) groups excluding carboxylic acids is 1. The molecule has 0 saturated carbocycles. The Hall–Kier alpha value is -1.36. The summed E-state index contributed by atoms with van der Waals surface area (Å²) < 4.78 is 5.31. The number of nitrogens with two attached hydrogens (primary N) is 1. The molecular weight excluding hydrogens is 236 g/mol. The number of hydrogen-bond donors (Lipinski definition) is 2. The first-order valence-electron chi connectivity index (χ1n) is 5.46. The highest BCUT2D eigenvalue weighted by molar-refractivity contribution is 7.98. The van der Waals surface area contributed by atoms with Crippen LogP contribution in [0.1, 0.15) is 6.42 Å². The Morgan fingerprint density at radius 3 is 3.06 bits per heavy atom. The second-order valence-corrected chi connectivity index (χ2v) is 4.54. The van der Waals surface area contributed by atoms with Gasteiger partial charge in [-0.15, -0.1) is 0 Å². The number of benzene rings is 1. The van der Waals surface area contributed by atoms with Crippen molar-refractivity contribution in [1.29, 1.82) is 0 Å². The van der Waals surface area contributed by atoms with Gasteiger partial charge in [0.25, 0.3) is 5.91 Å². The maximum absolute atomic E-state index is 11.4. The van der Waals surface area contributed by atoms with E-state index in [1.54, 1.807) is 36.0 Å². The molecular formula is C12H18N2O2S. The van der Waals surface area contributed by atoms with Gasteiger partial charge in [-0.3, -0.25) is 4.79 Å². The Kier molecular flexibility index (Phi) is 6.32. The molecule has 0 saturated heterocycles. The lowest BCUT2D eigenvalue weighted by atomic mass is 10.3. The van der Waals surface area contributed by atoms with E-state index < -0.39 is 0 Å². The minimum Gasteiger partial charge on any atom is -0.484 e. The summed E-state index contributed by atoms with van der Waals surface area (Å²) in [4.78, 5) is 11.4. The Balaban J connectivity index is 2.19. The van der Waals surface area contributed by atoms with Crippen molar-refractivity contribution < 1.29 is 9.53 Å². The fourth-order valence-electron chi connectivity index (χ4n) is 1.25. The molecule has 5 heteroatoms. The van der Waals surface area contributed by atoms with Crippen LogP contribution in [0.15, 0.2) is 24.3 Å². The van der Waals surface area contributed by atoms with Crippen molar-refractivity contribution in [2.75, 3.05) is 30.9 Å². The number of rotatable bonds is 7. The van der Waals surface area contributed by atoms with Crippen molar-refractivity contribution in [1.82, 2.24) is 5.32 Å². The summed E-state index contributed by atoms with van der Waals surface area (Å²) >= 11 is 1.77. The molecule has 0 aliphatic carbocycles. The average Bonchev–Trinajstić information content (AvgIpc) is 2.32. The topological polar surface area (TPSA) is 64.3 Å². The molecule has 0 atom stereocenters. The predicted octanol–water partition coefficient (Wildman–Crippen LogP) is 1.52. The summed E-state index contributed by atoms with van der Waals surface area (Å²) in [6, 6.07) is 7.04. The first-order valence-corrected chi connectivity index (χ1v) is 6.85. The molecule has 0 aliphatic heterocycles. The van der Waals surface area contributed by atoms with Crippen LogP contribution in [-0.2, 0) is 4.79 Å². The Labute approximate surface area is 106 Å². The minimum atomic E-state index is -0.103. The molecule has 4 nitrogen and oxygen atoms in total. The van der Waals surface area contributed by atoms with E-state index in [0.29, 0.717) is 18.0 Å². The lowest BCUT2D eigenvalue weighted by Crippen LogP contribution is -2.29. The molecule has 3 N–H and O–H groups in total. The molecule has 0 spiro atoms. The fraction of sp³-hybridized carbons (Fsp3) is 0.417. The van der Waals surface area contributed by atoms with Crippen molar-refractivity contribution in [2.24, 2.45) is 0 Å². The van der Waals surface area contributed by atoms with Gasteiger partial charge < -0.3 is 15.8 Å². The Morgan fingerprint density at radius 1 is 1.53 bits per heavy atom. The Bertz CT molecular complexity index is 358. The lowest BCUT2D eigenvalue weighted by Gasteiger charge is -2.07. The van der Waals surface area contributed by atoms with Gasteiger partial charge in [0, 0.05) is 18.3 Å². The third kappa shape index (κ3) is 6.06. The van der Waals surface area contributed by atoms with E-state index in [2.05, 4.69) is 5.32 Å². The highest BCUT2D eigenvalue weighted by Crippen LogP contribution is 2.13. The molecule has 1 rings (SSSR count). The van der Waals surface area contributed by atoms with E-state index in [1.807, 2.05) is 6.26 Å². The van der Waals surface area contributed by atoms with Gasteiger partial charge in [-0.05, 0) is 30.6 Å². The van der Waals surface area contributed by atoms with Crippen LogP contribution < -0.4 is 15.8 Å². The molecule has 0 radical (unpaired) electrons. The van der Waals surface area contributed by atoms with Crippen LogP contribution in [0.4, 0.5) is 5.69 Å². The number of carbonyl (C=O) groups is 1. The van der Waals surface area contributed by atoms with E-state index >= 15 is 0 Å². The average molecular weight is 254 g/mol. The van der Waals surface area contributed by atoms with Crippen LogP contribution >= 0.6 is 11.8 Å². The van der Waals surface area contributed by atoms with Crippen molar-refractivity contribution in [2.45, 2.75) is 6.42 Å². The largest absolute Gasteiger partial charge is 0.484 e. The molecule has 0 aliphatic rings. The molecule has 0 bridgehead atoms. The maximum atomic E-state index is 11.4. The molecule has 1 amide bonds. The van der Waals surface area contributed by atoms with Gasteiger partial charge in [0.2, 0.25) is 0 Å². The summed E-state index contributed by atoms with van der Waals surface area (Å²) in [7, 11) is 0. The quantitative estimate of drug-likeness (QED) is 0.572. The van der Waals surface area contributed by atoms with Crippen LogP contribution in [-0.4, -0.2) is 31.1 Å². The van der Waals surface area contributed by atoms with E-state index in [9.17, 15) is 4.79 Å². The van der Waals surface area contributed by atoms with Crippen molar-refractivity contribution >= 4 is 23.4 Å². The summed E-state index contributed by atoms with van der Waals surface area (Å²) in [5.41, 5.74) is 6.22. The van der Waals surface area contributed by atoms with Crippen molar-refractivity contribution in [3.63, 3.8) is 0 Å². The van der Waals surface area contributed by atoms with Crippen LogP contribution in [0.25, 0.3) is 0 Å². The van der Waals surface area contributed by atoms with Gasteiger partial charge in [-0.2, -0.15) is 11.8 Å². The van der Waals surface area contributed by atoms with E-state index in [4.69, 9.17) is 10.5 Å². The number of amides is 1. The number of hydrogen-bond acceptors (Lipinski definition) is 4. The smallest absolute Gasteiger partial charge is 0.257 e. The summed E-state index contributed by atoms with van der Waals surface area (Å²) in [6.07, 6.45) is 3.02. The Morgan fingerprint density at radius 2 is 2.35 bits per heavy atom. The number of anilines is 1. The zero-order valence-electron chi connectivity index (χ0n) is 9.94. The number of nitrogen functional groups attached to an aromatic ring is 1. The molecule has 0 aromatic heterocycles. The van der Waals surface area contributed by atoms with Gasteiger partial charge in [0.05, 0.1) is 0 Å². The first kappa shape index (κ1) is 13.7. The van der Waals surface area contributed by atoms with Gasteiger partial charge in [-0.1, -0.05) is 6.07 Å². The van der Waals surface area contributed by atoms with Crippen LogP contribution in [0.2, 0.25) is 0 Å². The van der Waals surface area contributed by atoms with Gasteiger partial charge in [0.15, 0.2) is 6.61 Å². The molecule has 1 aromatic carbocycles. The second-order valence-electron chi connectivity index (χ2n) is 3.56. The summed E-state index contributed by atoms with van der Waals surface area (Å²) in [5, 5.41) is 2.79. The highest BCUT2D eigenvalue weighted by Gasteiger charge is 2.01. The van der Waals surface area contributed by atoms with Gasteiger partial charge in [0.1, 0.15) is 5.75 Å². The maximum Gasteiger partial charge on any atom is 0.257 e. The van der Waals surface area contributed by atoms with Crippen molar-refractivity contribution in [3.05, 3.63) is 24.3 Å². The standard InChI is InChI=1S/C12H18N2O2S/c1-17-7-3-6-14-12(15)9-16-11-5-2-4-10(13)8-11/h2,4-5,8H,3,6-7,9,13H2,1H3,(H,14,15). The monoisotopic (exact) mass is 254 g/mol. The number of thioether (sulfide) groups is 1. The predicted molar refractivity (Wildman–Crippen MR) is 72.4 cm³/mol. The first-order chi connectivity index (χ1) is 8.22. The third-order valence-electron chi connectivity index (χ3n) is 2.08. The number of nitrogens with one attached hydrogen (secondary N) is 1. The molecule has 0 unspecified atom stereocenters. The summed E-state index contributed by atoms with van der Waals surface area (Å²) in [6.45, 7) is 0.725. The van der Waals surface area contributed by atoms with E-state index in [0.717, 1.165) is 12.2 Å². The van der Waals surface area contributed by atoms with Gasteiger partial charge in [-0.25, -0.2) is 0 Å². The third-order valence-corrected chi connectivity index (χ3v) is 2.77. The zero-order chi connectivity index (χ0) is 12.5. The second kappa shape index (κ2) is 7.84. The lowest BCUT2D eigenvalue weighted by molar-refractivity contribution is -0.123. The van der Waals surface area contributed by atoms with Crippen LogP contribution in [0, 0.1) is 0 Å². The fourth-order valence-corrected chi connectivity index (χ4v) is 1.68. The molecule has 94 valence electrons. The zero-order valence-corrected chi connectivity index (χ0v) is 10.8. The van der Waals surface area contributed by atoms with Gasteiger partial charge >= 0.3 is 0 Å². The van der Waals surface area contributed by atoms with Crippen LogP contribution in [0.5, 0.6) is 5.75 Å². The minimum absolute atomic E-state index is 0.0305. The number of ether oxygens (including phenoxy) is 1. The van der Waals surface area contributed by atoms with E-state index in [-0.39, 0.29) is 12.5 Å². The van der Waals surface area contributed by atoms with Crippen LogP contribution in [0.3, 0.4) is 0 Å². The van der Waals surface area contributed by atoms with E-state index in [1.165, 1.54) is 0 Å². The molecule has 0 heterocycles. The SMILES string of the molecule is CSCCCNC(=O)COc1cccc(N)c1. The molecule has 1 aromatic rings. The highest BCUT2D eigenvalue weighted by atomic mass is 32.2. The molecule has 17 heavy (non-hydrogen) atoms. The van der Waals surface area contributed by atoms with Crippen molar-refractivity contribution in [3.8, 4) is 5.75 Å². The summed E-state index contributed by atoms with van der Waals surface area (Å²) in [5.74, 6) is 1.56. The molecule has 0 fully saturated rings. The normalized spacial score (nSPS) is 9.94.